The van der Waals surface area contributed by atoms with E-state index in [0.717, 1.165) is 43.5 Å². The highest BCUT2D eigenvalue weighted by molar-refractivity contribution is 7.98. The Balaban J connectivity index is 1.49. The lowest BCUT2D eigenvalue weighted by Gasteiger charge is -2.15. The van der Waals surface area contributed by atoms with E-state index in [0.29, 0.717) is 35.0 Å². The number of carbonyl (C=O) groups excluding carboxylic acids is 1. The standard InChI is InChI=1S/C26H31N3O3S/c1-19(2)32-17-7-16-29-25(31)22-8-3-4-9-23(22)27-26(29)33-18-20-10-12-21(13-11-20)24(30)28-14-5-6-15-28/h3-4,8-13,19H,5-7,14-18H2,1-2H3. The number of ether oxygens (including phenoxy) is 1. The van der Waals surface area contributed by atoms with Crippen LogP contribution in [-0.4, -0.2) is 46.2 Å². The van der Waals surface area contributed by atoms with Gasteiger partial charge in [0.2, 0.25) is 0 Å². The number of nitrogens with zero attached hydrogens (tertiary/aromatic N) is 3. The predicted molar refractivity (Wildman–Crippen MR) is 133 cm³/mol. The van der Waals surface area contributed by atoms with Crippen LogP contribution in [0.25, 0.3) is 10.9 Å². The van der Waals surface area contributed by atoms with Crippen molar-refractivity contribution in [3.8, 4) is 0 Å². The first-order valence-electron chi connectivity index (χ1n) is 11.6. The highest BCUT2D eigenvalue weighted by Crippen LogP contribution is 2.23. The first-order chi connectivity index (χ1) is 16.0. The van der Waals surface area contributed by atoms with Crippen molar-refractivity contribution in [3.63, 3.8) is 0 Å². The summed E-state index contributed by atoms with van der Waals surface area (Å²) in [5, 5.41) is 1.34. The first-order valence-corrected chi connectivity index (χ1v) is 12.6. The molecule has 1 aliphatic heterocycles. The number of fused-ring (bicyclic) bond motifs is 1. The van der Waals surface area contributed by atoms with E-state index < -0.39 is 0 Å². The van der Waals surface area contributed by atoms with Crippen molar-refractivity contribution >= 4 is 28.6 Å². The van der Waals surface area contributed by atoms with E-state index in [9.17, 15) is 9.59 Å². The third-order valence-electron chi connectivity index (χ3n) is 5.77. The second-order valence-electron chi connectivity index (χ2n) is 8.63. The van der Waals surface area contributed by atoms with Crippen molar-refractivity contribution in [1.82, 2.24) is 14.5 Å². The van der Waals surface area contributed by atoms with Crippen molar-refractivity contribution < 1.29 is 9.53 Å². The molecular weight excluding hydrogens is 434 g/mol. The van der Waals surface area contributed by atoms with Gasteiger partial charge in [-0.25, -0.2) is 4.98 Å². The van der Waals surface area contributed by atoms with Gasteiger partial charge in [0.05, 0.1) is 17.0 Å². The van der Waals surface area contributed by atoms with Crippen molar-refractivity contribution in [2.75, 3.05) is 19.7 Å². The number of aromatic nitrogens is 2. The van der Waals surface area contributed by atoms with Gasteiger partial charge >= 0.3 is 0 Å². The van der Waals surface area contributed by atoms with Crippen molar-refractivity contribution in [3.05, 3.63) is 70.0 Å². The van der Waals surface area contributed by atoms with Crippen molar-refractivity contribution in [2.24, 2.45) is 0 Å². The molecule has 1 aromatic heterocycles. The lowest BCUT2D eigenvalue weighted by atomic mass is 10.1. The number of para-hydroxylation sites is 1. The van der Waals surface area contributed by atoms with E-state index in [1.807, 2.05) is 67.3 Å². The summed E-state index contributed by atoms with van der Waals surface area (Å²) in [6.45, 7) is 6.89. The summed E-state index contributed by atoms with van der Waals surface area (Å²) in [5.41, 5.74) is 2.53. The lowest BCUT2D eigenvalue weighted by molar-refractivity contribution is 0.0743. The number of rotatable bonds is 9. The van der Waals surface area contributed by atoms with Gasteiger partial charge in [-0.1, -0.05) is 36.0 Å². The third kappa shape index (κ3) is 5.84. The van der Waals surface area contributed by atoms with Crippen LogP contribution in [0.3, 0.4) is 0 Å². The number of likely N-dealkylation sites (tertiary alicyclic amines) is 1. The molecular formula is C26H31N3O3S. The fraction of sp³-hybridized carbons (Fsp3) is 0.423. The first kappa shape index (κ1) is 23.5. The van der Waals surface area contributed by atoms with Crippen LogP contribution in [0.1, 0.15) is 49.0 Å². The zero-order valence-corrected chi connectivity index (χ0v) is 20.1. The summed E-state index contributed by atoms with van der Waals surface area (Å²) in [5.74, 6) is 0.784. The largest absolute Gasteiger partial charge is 0.379 e. The van der Waals surface area contributed by atoms with Crippen LogP contribution < -0.4 is 5.56 Å². The quantitative estimate of drug-likeness (QED) is 0.259. The van der Waals surface area contributed by atoms with Crippen molar-refractivity contribution in [2.45, 2.75) is 56.7 Å². The summed E-state index contributed by atoms with van der Waals surface area (Å²) in [7, 11) is 0. The number of benzene rings is 2. The Labute approximate surface area is 199 Å². The summed E-state index contributed by atoms with van der Waals surface area (Å²) < 4.78 is 7.42. The summed E-state index contributed by atoms with van der Waals surface area (Å²) in [6.07, 6.45) is 3.10. The molecule has 2 heterocycles. The molecule has 2 aromatic carbocycles. The highest BCUT2D eigenvalue weighted by atomic mass is 32.2. The number of hydrogen-bond donors (Lipinski definition) is 0. The molecule has 0 bridgehead atoms. The molecule has 3 aromatic rings. The van der Waals surface area contributed by atoms with Crippen LogP contribution in [0.5, 0.6) is 0 Å². The molecule has 1 saturated heterocycles. The Bertz CT molecular complexity index is 1150. The second-order valence-corrected chi connectivity index (χ2v) is 9.57. The summed E-state index contributed by atoms with van der Waals surface area (Å²) >= 11 is 1.55. The molecule has 0 aliphatic carbocycles. The molecule has 0 radical (unpaired) electrons. The zero-order valence-electron chi connectivity index (χ0n) is 19.3. The van der Waals surface area contributed by atoms with E-state index >= 15 is 0 Å². The molecule has 7 heteroatoms. The van der Waals surface area contributed by atoms with E-state index in [-0.39, 0.29) is 17.6 Å². The monoisotopic (exact) mass is 465 g/mol. The SMILES string of the molecule is CC(C)OCCCn1c(SCc2ccc(C(=O)N3CCCC3)cc2)nc2ccccc2c1=O. The Hall–Kier alpha value is -2.64. The van der Waals surface area contributed by atoms with Gasteiger partial charge < -0.3 is 9.64 Å². The van der Waals surface area contributed by atoms with Gasteiger partial charge in [0, 0.05) is 37.6 Å². The average molecular weight is 466 g/mol. The molecule has 0 atom stereocenters. The van der Waals surface area contributed by atoms with E-state index in [4.69, 9.17) is 9.72 Å². The number of amides is 1. The van der Waals surface area contributed by atoms with Crippen LogP contribution in [-0.2, 0) is 17.0 Å². The molecule has 6 nitrogen and oxygen atoms in total. The number of carbonyl (C=O) groups is 1. The molecule has 0 N–H and O–H groups in total. The number of hydrogen-bond acceptors (Lipinski definition) is 5. The van der Waals surface area contributed by atoms with Crippen LogP contribution in [0.15, 0.2) is 58.5 Å². The summed E-state index contributed by atoms with van der Waals surface area (Å²) in [6, 6.07) is 15.3. The number of thioether (sulfide) groups is 1. The van der Waals surface area contributed by atoms with Crippen LogP contribution in [0.2, 0.25) is 0 Å². The molecule has 4 rings (SSSR count). The fourth-order valence-corrected chi connectivity index (χ4v) is 4.97. The topological polar surface area (TPSA) is 64.4 Å². The van der Waals surface area contributed by atoms with Gasteiger partial charge in [-0.05, 0) is 62.9 Å². The van der Waals surface area contributed by atoms with Gasteiger partial charge in [-0.15, -0.1) is 0 Å². The average Bonchev–Trinajstić information content (AvgIpc) is 3.36. The molecule has 0 spiro atoms. The summed E-state index contributed by atoms with van der Waals surface area (Å²) in [4.78, 5) is 32.4. The van der Waals surface area contributed by atoms with Gasteiger partial charge in [0.25, 0.3) is 11.5 Å². The van der Waals surface area contributed by atoms with Crippen LogP contribution in [0, 0.1) is 0 Å². The Morgan fingerprint density at radius 2 is 1.82 bits per heavy atom. The highest BCUT2D eigenvalue weighted by Gasteiger charge is 2.19. The molecule has 1 aliphatic rings. The Morgan fingerprint density at radius 1 is 1.09 bits per heavy atom. The van der Waals surface area contributed by atoms with Gasteiger partial charge in [-0.3, -0.25) is 14.2 Å². The second kappa shape index (κ2) is 11.0. The maximum Gasteiger partial charge on any atom is 0.262 e. The molecule has 33 heavy (non-hydrogen) atoms. The molecule has 174 valence electrons. The van der Waals surface area contributed by atoms with Gasteiger partial charge in [0.1, 0.15) is 0 Å². The Kier molecular flexibility index (Phi) is 7.83. The van der Waals surface area contributed by atoms with Gasteiger partial charge in [-0.2, -0.15) is 0 Å². The third-order valence-corrected chi connectivity index (χ3v) is 6.81. The molecule has 0 unspecified atom stereocenters. The molecule has 1 amide bonds. The molecule has 0 saturated carbocycles. The van der Waals surface area contributed by atoms with E-state index in [1.54, 1.807) is 16.3 Å². The maximum atomic E-state index is 13.2. The minimum Gasteiger partial charge on any atom is -0.379 e. The fourth-order valence-electron chi connectivity index (χ4n) is 3.99. The van der Waals surface area contributed by atoms with Crippen LogP contribution >= 0.6 is 11.8 Å². The van der Waals surface area contributed by atoms with E-state index in [2.05, 4.69) is 0 Å². The van der Waals surface area contributed by atoms with Crippen molar-refractivity contribution in [1.29, 1.82) is 0 Å². The zero-order chi connectivity index (χ0) is 23.2. The normalized spacial score (nSPS) is 13.8. The minimum absolute atomic E-state index is 0.0146. The predicted octanol–water partition coefficient (Wildman–Crippen LogP) is 4.74. The van der Waals surface area contributed by atoms with Gasteiger partial charge in [0.15, 0.2) is 5.16 Å². The minimum atomic E-state index is -0.0146. The molecule has 1 fully saturated rings. The van der Waals surface area contributed by atoms with E-state index in [1.165, 1.54) is 0 Å². The smallest absolute Gasteiger partial charge is 0.262 e. The lowest BCUT2D eigenvalue weighted by Crippen LogP contribution is -2.27. The Morgan fingerprint density at radius 3 is 2.55 bits per heavy atom. The maximum absolute atomic E-state index is 13.2. The van der Waals surface area contributed by atoms with Crippen LogP contribution in [0.4, 0.5) is 0 Å².